The molecule has 4 rings (SSSR count). The van der Waals surface area contributed by atoms with Gasteiger partial charge in [-0.1, -0.05) is 18.2 Å². The number of aromatic nitrogens is 2. The molecule has 0 spiro atoms. The third-order valence-electron chi connectivity index (χ3n) is 5.17. The summed E-state index contributed by atoms with van der Waals surface area (Å²) in [5, 5.41) is 14.4. The van der Waals surface area contributed by atoms with Crippen LogP contribution in [0.1, 0.15) is 18.4 Å². The molecule has 0 bridgehead atoms. The lowest BCUT2D eigenvalue weighted by Gasteiger charge is -2.14. The van der Waals surface area contributed by atoms with Gasteiger partial charge in [-0.3, -0.25) is 4.79 Å². The van der Waals surface area contributed by atoms with Crippen LogP contribution in [0.3, 0.4) is 0 Å². The molecule has 1 fully saturated rings. The highest BCUT2D eigenvalue weighted by Gasteiger charge is 2.22. The number of nitrogens with zero attached hydrogens (tertiary/aromatic N) is 4. The average molecular weight is 398 g/mol. The van der Waals surface area contributed by atoms with E-state index in [0.29, 0.717) is 24.3 Å². The van der Waals surface area contributed by atoms with Crippen molar-refractivity contribution in [1.82, 2.24) is 14.7 Å². The van der Waals surface area contributed by atoms with Gasteiger partial charge in [0.2, 0.25) is 0 Å². The van der Waals surface area contributed by atoms with Crippen molar-refractivity contribution in [2.75, 3.05) is 20.2 Å². The molecule has 0 aliphatic carbocycles. The number of amides is 1. The lowest BCUT2D eigenvalue weighted by molar-refractivity contribution is -0.125. The second kappa shape index (κ2) is 8.66. The van der Waals surface area contributed by atoms with Crippen molar-refractivity contribution >= 4 is 12.0 Å². The summed E-state index contributed by atoms with van der Waals surface area (Å²) < 4.78 is 7.01. The van der Waals surface area contributed by atoms with Gasteiger partial charge in [-0.05, 0) is 55.3 Å². The zero-order valence-corrected chi connectivity index (χ0v) is 16.8. The second-order valence-corrected chi connectivity index (χ2v) is 7.11. The predicted molar refractivity (Wildman–Crippen MR) is 115 cm³/mol. The maximum absolute atomic E-state index is 12.8. The van der Waals surface area contributed by atoms with E-state index in [0.717, 1.165) is 29.8 Å². The number of methoxy groups -OCH3 is 1. The molecule has 1 saturated heterocycles. The maximum atomic E-state index is 12.8. The van der Waals surface area contributed by atoms with Gasteiger partial charge in [0.05, 0.1) is 18.5 Å². The number of hydrogen-bond donors (Lipinski definition) is 0. The summed E-state index contributed by atoms with van der Waals surface area (Å²) in [6.45, 7) is 1.40. The Kier molecular flexibility index (Phi) is 5.62. The van der Waals surface area contributed by atoms with E-state index in [9.17, 15) is 10.1 Å². The van der Waals surface area contributed by atoms with E-state index in [1.807, 2.05) is 60.8 Å². The Hall–Kier alpha value is -3.85. The molecule has 1 aliphatic rings. The number of rotatable bonds is 5. The van der Waals surface area contributed by atoms with Crippen LogP contribution in [0.25, 0.3) is 23.0 Å². The van der Waals surface area contributed by atoms with Crippen LogP contribution in [0, 0.1) is 11.3 Å². The lowest BCUT2D eigenvalue weighted by atomic mass is 10.1. The highest BCUT2D eigenvalue weighted by molar-refractivity contribution is 6.02. The summed E-state index contributed by atoms with van der Waals surface area (Å²) in [5.74, 6) is 0.531. The van der Waals surface area contributed by atoms with Crippen LogP contribution in [0.4, 0.5) is 0 Å². The molecular formula is C24H22N4O2. The van der Waals surface area contributed by atoms with Gasteiger partial charge in [-0.2, -0.15) is 10.4 Å². The first kappa shape index (κ1) is 19.5. The number of hydrogen-bond acceptors (Lipinski definition) is 4. The summed E-state index contributed by atoms with van der Waals surface area (Å²) in [5.41, 5.74) is 3.31. The van der Waals surface area contributed by atoms with Gasteiger partial charge >= 0.3 is 0 Å². The van der Waals surface area contributed by atoms with Gasteiger partial charge < -0.3 is 9.64 Å². The molecule has 1 aliphatic heterocycles. The molecule has 2 aromatic carbocycles. The second-order valence-electron chi connectivity index (χ2n) is 7.11. The monoisotopic (exact) mass is 398 g/mol. The van der Waals surface area contributed by atoms with Crippen molar-refractivity contribution in [3.63, 3.8) is 0 Å². The van der Waals surface area contributed by atoms with E-state index < -0.39 is 0 Å². The fraction of sp³-hybridized carbons (Fsp3) is 0.208. The SMILES string of the molecule is COc1ccc(-c2nn(-c3ccccc3)cc2/C=C(\C#N)C(=O)N2CCCC2)cc1. The third-order valence-corrected chi connectivity index (χ3v) is 5.17. The summed E-state index contributed by atoms with van der Waals surface area (Å²) in [4.78, 5) is 14.5. The first-order valence-corrected chi connectivity index (χ1v) is 9.90. The summed E-state index contributed by atoms with van der Waals surface area (Å²) >= 11 is 0. The molecule has 0 unspecified atom stereocenters. The minimum atomic E-state index is -0.219. The van der Waals surface area contributed by atoms with Crippen LogP contribution in [0.5, 0.6) is 5.75 Å². The fourth-order valence-electron chi connectivity index (χ4n) is 3.57. The van der Waals surface area contributed by atoms with Crippen molar-refractivity contribution < 1.29 is 9.53 Å². The number of benzene rings is 2. The van der Waals surface area contributed by atoms with Crippen LogP contribution in [0.15, 0.2) is 66.4 Å². The molecule has 150 valence electrons. The van der Waals surface area contributed by atoms with E-state index in [2.05, 4.69) is 6.07 Å². The van der Waals surface area contributed by atoms with Gasteiger partial charge in [0.1, 0.15) is 17.4 Å². The summed E-state index contributed by atoms with van der Waals surface area (Å²) in [7, 11) is 1.62. The number of ether oxygens (including phenoxy) is 1. The van der Waals surface area contributed by atoms with Crippen molar-refractivity contribution in [2.24, 2.45) is 0 Å². The molecule has 2 heterocycles. The molecule has 0 N–H and O–H groups in total. The minimum absolute atomic E-state index is 0.124. The molecular weight excluding hydrogens is 376 g/mol. The number of likely N-dealkylation sites (tertiary alicyclic amines) is 1. The molecule has 1 amide bonds. The molecule has 30 heavy (non-hydrogen) atoms. The Morgan fingerprint density at radius 3 is 2.43 bits per heavy atom. The first-order chi connectivity index (χ1) is 14.7. The third kappa shape index (κ3) is 3.96. The molecule has 6 nitrogen and oxygen atoms in total. The normalized spacial score (nSPS) is 13.9. The van der Waals surface area contributed by atoms with E-state index in [1.165, 1.54) is 0 Å². The van der Waals surface area contributed by atoms with E-state index in [4.69, 9.17) is 9.84 Å². The Bertz CT molecular complexity index is 1100. The zero-order chi connectivity index (χ0) is 20.9. The standard InChI is InChI=1S/C24H22N4O2/c1-30-22-11-9-18(10-12-22)23-20(17-28(26-23)21-7-3-2-4-8-21)15-19(16-25)24(29)27-13-5-6-14-27/h2-4,7-12,15,17H,5-6,13-14H2,1H3/b19-15+. The number of carbonyl (C=O) groups excluding carboxylic acids is 1. The molecule has 1 aromatic heterocycles. The highest BCUT2D eigenvalue weighted by Crippen LogP contribution is 2.28. The smallest absolute Gasteiger partial charge is 0.264 e. The van der Waals surface area contributed by atoms with E-state index in [-0.39, 0.29) is 11.5 Å². The lowest BCUT2D eigenvalue weighted by Crippen LogP contribution is -2.28. The summed E-state index contributed by atoms with van der Waals surface area (Å²) in [6, 6.07) is 19.4. The zero-order valence-electron chi connectivity index (χ0n) is 16.8. The Balaban J connectivity index is 1.79. The number of para-hydroxylation sites is 1. The van der Waals surface area contributed by atoms with Gasteiger partial charge in [0.15, 0.2) is 0 Å². The van der Waals surface area contributed by atoms with Gasteiger partial charge in [-0.25, -0.2) is 4.68 Å². The van der Waals surface area contributed by atoms with Crippen molar-refractivity contribution in [3.8, 4) is 28.8 Å². The molecule has 3 aromatic rings. The number of carbonyl (C=O) groups is 1. The molecule has 0 atom stereocenters. The average Bonchev–Trinajstić information content (AvgIpc) is 3.48. The van der Waals surface area contributed by atoms with Crippen LogP contribution >= 0.6 is 0 Å². The largest absolute Gasteiger partial charge is 0.497 e. The quantitative estimate of drug-likeness (QED) is 0.480. The topological polar surface area (TPSA) is 71.1 Å². The fourth-order valence-corrected chi connectivity index (χ4v) is 3.57. The Labute approximate surface area is 175 Å². The number of nitriles is 1. The van der Waals surface area contributed by atoms with Crippen molar-refractivity contribution in [2.45, 2.75) is 12.8 Å². The van der Waals surface area contributed by atoms with Crippen molar-refractivity contribution in [1.29, 1.82) is 5.26 Å². The molecule has 0 saturated carbocycles. The van der Waals surface area contributed by atoms with Gasteiger partial charge in [0.25, 0.3) is 5.91 Å². The molecule has 6 heteroatoms. The van der Waals surface area contributed by atoms with Gasteiger partial charge in [0, 0.05) is 30.4 Å². The van der Waals surface area contributed by atoms with Crippen molar-refractivity contribution in [3.05, 3.63) is 71.9 Å². The highest BCUT2D eigenvalue weighted by atomic mass is 16.5. The van der Waals surface area contributed by atoms with Crippen LogP contribution in [0.2, 0.25) is 0 Å². The van der Waals surface area contributed by atoms with Gasteiger partial charge in [-0.15, -0.1) is 0 Å². The predicted octanol–water partition coefficient (Wildman–Crippen LogP) is 4.08. The van der Waals surface area contributed by atoms with E-state index >= 15 is 0 Å². The first-order valence-electron chi connectivity index (χ1n) is 9.90. The van der Waals surface area contributed by atoms with Crippen LogP contribution < -0.4 is 4.74 Å². The molecule has 0 radical (unpaired) electrons. The van der Waals surface area contributed by atoms with Crippen LogP contribution in [-0.2, 0) is 4.79 Å². The Morgan fingerprint density at radius 2 is 1.80 bits per heavy atom. The minimum Gasteiger partial charge on any atom is -0.497 e. The van der Waals surface area contributed by atoms with E-state index in [1.54, 1.807) is 22.8 Å². The van der Waals surface area contributed by atoms with Crippen LogP contribution in [-0.4, -0.2) is 40.8 Å². The summed E-state index contributed by atoms with van der Waals surface area (Å²) in [6.07, 6.45) is 5.46. The Morgan fingerprint density at radius 1 is 1.10 bits per heavy atom. The maximum Gasteiger partial charge on any atom is 0.264 e.